The molecule has 0 spiro atoms. The van der Waals surface area contributed by atoms with Gasteiger partial charge in [0.2, 0.25) is 0 Å². The van der Waals surface area contributed by atoms with Crippen molar-refractivity contribution in [3.63, 3.8) is 0 Å². The van der Waals surface area contributed by atoms with Gasteiger partial charge in [-0.15, -0.1) is 0 Å². The first-order valence-electron chi connectivity index (χ1n) is 12.6. The minimum atomic E-state index is -0.390. The van der Waals surface area contributed by atoms with Crippen LogP contribution in [0.4, 0.5) is 0 Å². The van der Waals surface area contributed by atoms with Crippen molar-refractivity contribution in [3.05, 3.63) is 71.8 Å². The van der Waals surface area contributed by atoms with Gasteiger partial charge in [0.25, 0.3) is 0 Å². The first-order valence-corrected chi connectivity index (χ1v) is 12.6. The third-order valence-corrected chi connectivity index (χ3v) is 8.00. The molecule has 3 fully saturated rings. The Labute approximate surface area is 193 Å². The Bertz CT molecular complexity index is 782. The van der Waals surface area contributed by atoms with Crippen LogP contribution < -0.4 is 0 Å². The van der Waals surface area contributed by atoms with E-state index in [4.69, 9.17) is 4.74 Å². The van der Waals surface area contributed by atoms with Crippen LogP contribution in [0.15, 0.2) is 60.7 Å². The molecule has 0 radical (unpaired) electrons. The third-order valence-electron chi connectivity index (χ3n) is 8.00. The van der Waals surface area contributed by atoms with Gasteiger partial charge < -0.3 is 9.84 Å². The number of nitrogens with zero attached hydrogens (tertiary/aromatic N) is 2. The quantitative estimate of drug-likeness (QED) is 0.641. The van der Waals surface area contributed by atoms with Crippen LogP contribution in [0.3, 0.4) is 0 Å². The van der Waals surface area contributed by atoms with Crippen molar-refractivity contribution in [1.82, 2.24) is 9.80 Å². The summed E-state index contributed by atoms with van der Waals surface area (Å²) in [6.07, 6.45) is 5.23. The molecule has 4 nitrogen and oxygen atoms in total. The lowest BCUT2D eigenvalue weighted by molar-refractivity contribution is -0.0101. The van der Waals surface area contributed by atoms with E-state index < -0.39 is 0 Å². The number of benzene rings is 2. The van der Waals surface area contributed by atoms with E-state index in [-0.39, 0.29) is 12.1 Å². The molecule has 4 heteroatoms. The number of aliphatic hydroxyl groups excluding tert-OH is 1. The Morgan fingerprint density at radius 3 is 2.06 bits per heavy atom. The highest BCUT2D eigenvalue weighted by molar-refractivity contribution is 5.31. The van der Waals surface area contributed by atoms with Gasteiger partial charge in [-0.2, -0.15) is 0 Å². The predicted molar refractivity (Wildman–Crippen MR) is 129 cm³/mol. The fraction of sp³-hybridized carbons (Fsp3) is 0.571. The summed E-state index contributed by atoms with van der Waals surface area (Å²) in [5.74, 6) is 2.61. The van der Waals surface area contributed by atoms with E-state index in [0.29, 0.717) is 13.2 Å². The molecule has 32 heavy (non-hydrogen) atoms. The number of fused-ring (bicyclic) bond motifs is 2. The molecule has 1 heterocycles. The van der Waals surface area contributed by atoms with Crippen molar-refractivity contribution in [2.75, 3.05) is 45.9 Å². The van der Waals surface area contributed by atoms with Gasteiger partial charge in [-0.05, 0) is 48.1 Å². The normalized spacial score (nSPS) is 27.2. The Kier molecular flexibility index (Phi) is 7.23. The van der Waals surface area contributed by atoms with Crippen LogP contribution in [-0.4, -0.2) is 66.9 Å². The molecule has 0 amide bonds. The monoisotopic (exact) mass is 434 g/mol. The van der Waals surface area contributed by atoms with E-state index in [9.17, 15) is 5.11 Å². The smallest absolute Gasteiger partial charge is 0.0900 e. The molecule has 2 saturated carbocycles. The van der Waals surface area contributed by atoms with Crippen LogP contribution in [0.5, 0.6) is 0 Å². The largest absolute Gasteiger partial charge is 0.389 e. The van der Waals surface area contributed by atoms with Gasteiger partial charge in [-0.1, -0.05) is 67.1 Å². The zero-order chi connectivity index (χ0) is 21.8. The molecule has 1 saturated heterocycles. The fourth-order valence-electron chi connectivity index (χ4n) is 6.38. The van der Waals surface area contributed by atoms with E-state index in [1.165, 1.54) is 36.8 Å². The van der Waals surface area contributed by atoms with E-state index in [1.807, 2.05) is 0 Å². The Balaban J connectivity index is 1.10. The van der Waals surface area contributed by atoms with Gasteiger partial charge in [-0.3, -0.25) is 9.80 Å². The summed E-state index contributed by atoms with van der Waals surface area (Å²) in [5, 5.41) is 10.6. The Morgan fingerprint density at radius 1 is 0.844 bits per heavy atom. The molecule has 3 aliphatic rings. The molecule has 0 unspecified atom stereocenters. The van der Waals surface area contributed by atoms with Crippen molar-refractivity contribution in [3.8, 4) is 0 Å². The van der Waals surface area contributed by atoms with Gasteiger partial charge in [0.05, 0.1) is 18.8 Å². The topological polar surface area (TPSA) is 35.9 Å². The van der Waals surface area contributed by atoms with Crippen molar-refractivity contribution in [2.45, 2.75) is 37.8 Å². The number of hydrogen-bond acceptors (Lipinski definition) is 4. The zero-order valence-corrected chi connectivity index (χ0v) is 19.2. The summed E-state index contributed by atoms with van der Waals surface area (Å²) in [6, 6.07) is 21.9. The molecule has 2 bridgehead atoms. The second-order valence-electron chi connectivity index (χ2n) is 10.2. The van der Waals surface area contributed by atoms with E-state index in [0.717, 1.165) is 50.5 Å². The summed E-state index contributed by atoms with van der Waals surface area (Å²) in [5.41, 5.74) is 2.70. The van der Waals surface area contributed by atoms with E-state index in [2.05, 4.69) is 70.5 Å². The van der Waals surface area contributed by atoms with Crippen LogP contribution >= 0.6 is 0 Å². The van der Waals surface area contributed by atoms with Gasteiger partial charge in [0, 0.05) is 39.3 Å². The summed E-state index contributed by atoms with van der Waals surface area (Å²) in [7, 11) is 0. The van der Waals surface area contributed by atoms with Gasteiger partial charge in [0.1, 0.15) is 0 Å². The minimum Gasteiger partial charge on any atom is -0.389 e. The van der Waals surface area contributed by atoms with Crippen molar-refractivity contribution in [2.24, 2.45) is 17.8 Å². The lowest BCUT2D eigenvalue weighted by atomic mass is 9.90. The van der Waals surface area contributed by atoms with Crippen LogP contribution in [0.1, 0.15) is 42.9 Å². The average molecular weight is 435 g/mol. The molecule has 172 valence electrons. The van der Waals surface area contributed by atoms with Crippen molar-refractivity contribution >= 4 is 0 Å². The van der Waals surface area contributed by atoms with Gasteiger partial charge >= 0.3 is 0 Å². The second-order valence-corrected chi connectivity index (χ2v) is 10.2. The Morgan fingerprint density at radius 2 is 1.50 bits per heavy atom. The maximum Gasteiger partial charge on any atom is 0.0900 e. The van der Waals surface area contributed by atoms with Gasteiger partial charge in [-0.25, -0.2) is 0 Å². The van der Waals surface area contributed by atoms with Crippen LogP contribution in [0.2, 0.25) is 0 Å². The maximum atomic E-state index is 10.6. The lowest BCUT2D eigenvalue weighted by Gasteiger charge is -2.40. The first kappa shape index (κ1) is 22.1. The van der Waals surface area contributed by atoms with Crippen molar-refractivity contribution in [1.29, 1.82) is 0 Å². The number of rotatable bonds is 9. The minimum absolute atomic E-state index is 0.287. The highest BCUT2D eigenvalue weighted by Gasteiger charge is 2.39. The fourth-order valence-corrected chi connectivity index (χ4v) is 6.38. The SMILES string of the molecule is O[C@H](COC[C@@H]1C[C@H]2CC[C@H]1C2)CN1CCN(C(c2ccccc2)c2ccccc2)CC1. The molecule has 0 aromatic heterocycles. The number of piperazine rings is 1. The molecule has 2 aromatic carbocycles. The number of ether oxygens (including phenoxy) is 1. The molecule has 4 atom stereocenters. The summed E-state index contributed by atoms with van der Waals surface area (Å²) in [6.45, 7) is 6.03. The second kappa shape index (κ2) is 10.5. The summed E-state index contributed by atoms with van der Waals surface area (Å²) in [4.78, 5) is 4.98. The third kappa shape index (κ3) is 5.26. The number of aliphatic hydroxyl groups is 1. The van der Waals surface area contributed by atoms with E-state index in [1.54, 1.807) is 0 Å². The van der Waals surface area contributed by atoms with Crippen molar-refractivity contribution < 1.29 is 9.84 Å². The summed E-state index contributed by atoms with van der Waals surface area (Å²) >= 11 is 0. The number of hydrogen-bond donors (Lipinski definition) is 1. The Hall–Kier alpha value is -1.72. The lowest BCUT2D eigenvalue weighted by Crippen LogP contribution is -2.50. The highest BCUT2D eigenvalue weighted by Crippen LogP contribution is 2.48. The van der Waals surface area contributed by atoms with Crippen LogP contribution in [0, 0.1) is 17.8 Å². The molecule has 5 rings (SSSR count). The number of β-amino-alcohol motifs (C(OH)–C–C–N with tert-alkyl or cyclic N) is 1. The molecular formula is C28H38N2O2. The van der Waals surface area contributed by atoms with Gasteiger partial charge in [0.15, 0.2) is 0 Å². The zero-order valence-electron chi connectivity index (χ0n) is 19.2. The molecular weight excluding hydrogens is 396 g/mol. The molecule has 1 N–H and O–H groups in total. The molecule has 1 aliphatic heterocycles. The summed E-state index contributed by atoms with van der Waals surface area (Å²) < 4.78 is 5.96. The van der Waals surface area contributed by atoms with E-state index >= 15 is 0 Å². The highest BCUT2D eigenvalue weighted by atomic mass is 16.5. The molecule has 2 aliphatic carbocycles. The predicted octanol–water partition coefficient (Wildman–Crippen LogP) is 4.21. The van der Waals surface area contributed by atoms with Crippen LogP contribution in [0.25, 0.3) is 0 Å². The molecule has 2 aromatic rings. The maximum absolute atomic E-state index is 10.6. The first-order chi connectivity index (χ1) is 15.8. The average Bonchev–Trinajstić information content (AvgIpc) is 3.45. The van der Waals surface area contributed by atoms with Crippen LogP contribution in [-0.2, 0) is 4.74 Å². The standard InChI is InChI=1S/C28H38N2O2/c31-27(21-32-20-26-18-22-11-12-25(26)17-22)19-29-13-15-30(16-14-29)28(23-7-3-1-4-8-23)24-9-5-2-6-10-24/h1-10,22,25-28,31H,11-21H2/t22-,25-,26-,27-/m0/s1.